The SMILES string of the molecule is CNCc1cn2c(nc3c(Br)cccc32)[nH]1. The van der Waals surface area contributed by atoms with Crippen LogP contribution in [0.1, 0.15) is 5.69 Å². The quantitative estimate of drug-likeness (QED) is 0.756. The maximum absolute atomic E-state index is 4.55. The van der Waals surface area contributed by atoms with Gasteiger partial charge in [-0.2, -0.15) is 0 Å². The number of hydrogen-bond acceptors (Lipinski definition) is 2. The number of nitrogens with one attached hydrogen (secondary N) is 2. The first kappa shape index (κ1) is 9.86. The number of nitrogens with zero attached hydrogens (tertiary/aromatic N) is 2. The van der Waals surface area contributed by atoms with Crippen molar-refractivity contribution < 1.29 is 0 Å². The molecule has 2 N–H and O–H groups in total. The fourth-order valence-electron chi connectivity index (χ4n) is 1.91. The van der Waals surface area contributed by atoms with E-state index in [2.05, 4.69) is 47.9 Å². The third-order valence-corrected chi connectivity index (χ3v) is 3.24. The van der Waals surface area contributed by atoms with Gasteiger partial charge in [-0.05, 0) is 35.1 Å². The molecule has 2 aromatic heterocycles. The molecule has 3 rings (SSSR count). The molecule has 0 saturated heterocycles. The van der Waals surface area contributed by atoms with Crippen LogP contribution in [0.25, 0.3) is 16.8 Å². The molecule has 4 nitrogen and oxygen atoms in total. The number of H-pyrrole nitrogens is 1. The molecule has 16 heavy (non-hydrogen) atoms. The summed E-state index contributed by atoms with van der Waals surface area (Å²) in [6, 6.07) is 6.09. The average molecular weight is 279 g/mol. The van der Waals surface area contributed by atoms with Crippen molar-refractivity contribution >= 4 is 32.7 Å². The van der Waals surface area contributed by atoms with Crippen molar-refractivity contribution in [3.63, 3.8) is 0 Å². The monoisotopic (exact) mass is 278 g/mol. The summed E-state index contributed by atoms with van der Waals surface area (Å²) in [7, 11) is 1.93. The number of imidazole rings is 2. The van der Waals surface area contributed by atoms with E-state index in [9.17, 15) is 0 Å². The smallest absolute Gasteiger partial charge is 0.212 e. The molecule has 3 aromatic rings. The Balaban J connectivity index is 2.30. The minimum atomic E-state index is 0.818. The second-order valence-electron chi connectivity index (χ2n) is 3.72. The van der Waals surface area contributed by atoms with Gasteiger partial charge in [0.2, 0.25) is 5.78 Å². The fraction of sp³-hybridized carbons (Fsp3) is 0.182. The van der Waals surface area contributed by atoms with Crippen LogP contribution in [-0.2, 0) is 6.54 Å². The van der Waals surface area contributed by atoms with Crippen LogP contribution in [-0.4, -0.2) is 21.4 Å². The van der Waals surface area contributed by atoms with Crippen molar-refractivity contribution in [2.45, 2.75) is 6.54 Å². The van der Waals surface area contributed by atoms with Crippen LogP contribution in [0.2, 0.25) is 0 Å². The first-order chi connectivity index (χ1) is 7.79. The molecular formula is C11H11BrN4. The lowest BCUT2D eigenvalue weighted by Gasteiger charge is -1.94. The zero-order chi connectivity index (χ0) is 11.1. The molecule has 82 valence electrons. The van der Waals surface area contributed by atoms with E-state index in [4.69, 9.17) is 0 Å². The highest BCUT2D eigenvalue weighted by Gasteiger charge is 2.09. The van der Waals surface area contributed by atoms with Gasteiger partial charge in [0.15, 0.2) is 0 Å². The summed E-state index contributed by atoms with van der Waals surface area (Å²) in [6.07, 6.45) is 2.08. The summed E-state index contributed by atoms with van der Waals surface area (Å²) in [4.78, 5) is 7.83. The Morgan fingerprint density at radius 2 is 2.38 bits per heavy atom. The lowest BCUT2D eigenvalue weighted by atomic mass is 10.3. The van der Waals surface area contributed by atoms with E-state index >= 15 is 0 Å². The number of halogens is 1. The lowest BCUT2D eigenvalue weighted by molar-refractivity contribution is 0.797. The normalized spacial score (nSPS) is 11.6. The predicted octanol–water partition coefficient (Wildman–Crippen LogP) is 2.30. The fourth-order valence-corrected chi connectivity index (χ4v) is 2.36. The summed E-state index contributed by atoms with van der Waals surface area (Å²) in [6.45, 7) is 0.818. The lowest BCUT2D eigenvalue weighted by Crippen LogP contribution is -2.04. The molecule has 0 atom stereocenters. The maximum Gasteiger partial charge on any atom is 0.212 e. The highest BCUT2D eigenvalue weighted by Crippen LogP contribution is 2.24. The van der Waals surface area contributed by atoms with Gasteiger partial charge < -0.3 is 10.3 Å². The van der Waals surface area contributed by atoms with Crippen molar-refractivity contribution in [1.29, 1.82) is 0 Å². The molecule has 0 aliphatic heterocycles. The van der Waals surface area contributed by atoms with E-state index < -0.39 is 0 Å². The average Bonchev–Trinajstić information content (AvgIpc) is 2.77. The van der Waals surface area contributed by atoms with Crippen LogP contribution in [0, 0.1) is 0 Å². The van der Waals surface area contributed by atoms with Crippen molar-refractivity contribution in [2.24, 2.45) is 0 Å². The van der Waals surface area contributed by atoms with E-state index in [1.807, 2.05) is 19.2 Å². The molecule has 1 aromatic carbocycles. The Bertz CT molecular complexity index is 652. The Labute approximate surface area is 101 Å². The Morgan fingerprint density at radius 3 is 3.19 bits per heavy atom. The van der Waals surface area contributed by atoms with Gasteiger partial charge in [-0.3, -0.25) is 4.40 Å². The van der Waals surface area contributed by atoms with Crippen LogP contribution < -0.4 is 5.32 Å². The van der Waals surface area contributed by atoms with E-state index in [0.717, 1.165) is 33.5 Å². The van der Waals surface area contributed by atoms with Crippen molar-refractivity contribution in [3.05, 3.63) is 34.6 Å². The summed E-state index contributed by atoms with van der Waals surface area (Å²) >= 11 is 3.51. The molecule has 0 aliphatic carbocycles. The van der Waals surface area contributed by atoms with Gasteiger partial charge in [0.1, 0.15) is 5.52 Å². The van der Waals surface area contributed by atoms with Gasteiger partial charge >= 0.3 is 0 Å². The maximum atomic E-state index is 4.55. The van der Waals surface area contributed by atoms with Crippen LogP contribution in [0.3, 0.4) is 0 Å². The molecule has 0 saturated carbocycles. The predicted molar refractivity (Wildman–Crippen MR) is 67.5 cm³/mol. The highest BCUT2D eigenvalue weighted by molar-refractivity contribution is 9.10. The molecule has 5 heteroatoms. The molecule has 0 aliphatic rings. The zero-order valence-corrected chi connectivity index (χ0v) is 10.4. The molecule has 0 radical (unpaired) electrons. The zero-order valence-electron chi connectivity index (χ0n) is 8.79. The molecular weight excluding hydrogens is 268 g/mol. The van der Waals surface area contributed by atoms with Crippen LogP contribution in [0.5, 0.6) is 0 Å². The van der Waals surface area contributed by atoms with Gasteiger partial charge in [-0.15, -0.1) is 0 Å². The summed E-state index contributed by atoms with van der Waals surface area (Å²) < 4.78 is 3.10. The third kappa shape index (κ3) is 1.36. The second kappa shape index (κ2) is 3.61. The minimum absolute atomic E-state index is 0.818. The van der Waals surface area contributed by atoms with E-state index in [1.54, 1.807) is 0 Å². The topological polar surface area (TPSA) is 45.1 Å². The van der Waals surface area contributed by atoms with Crippen LogP contribution in [0.4, 0.5) is 0 Å². The van der Waals surface area contributed by atoms with Gasteiger partial charge in [-0.1, -0.05) is 6.07 Å². The summed E-state index contributed by atoms with van der Waals surface area (Å²) in [5, 5.41) is 3.11. The second-order valence-corrected chi connectivity index (χ2v) is 4.58. The Hall–Kier alpha value is -1.33. The number of benzene rings is 1. The van der Waals surface area contributed by atoms with E-state index in [0.29, 0.717) is 0 Å². The molecule has 2 heterocycles. The molecule has 0 spiro atoms. The Morgan fingerprint density at radius 1 is 1.50 bits per heavy atom. The molecule has 0 amide bonds. The first-order valence-corrected chi connectivity index (χ1v) is 5.87. The first-order valence-electron chi connectivity index (χ1n) is 5.08. The number of aromatic amines is 1. The Kier molecular flexibility index (Phi) is 2.22. The van der Waals surface area contributed by atoms with Gasteiger partial charge in [0.05, 0.1) is 5.52 Å². The highest BCUT2D eigenvalue weighted by atomic mass is 79.9. The van der Waals surface area contributed by atoms with Crippen molar-refractivity contribution in [1.82, 2.24) is 19.7 Å². The molecule has 0 bridgehead atoms. The number of rotatable bonds is 2. The van der Waals surface area contributed by atoms with Gasteiger partial charge in [-0.25, -0.2) is 4.98 Å². The summed E-state index contributed by atoms with van der Waals surface area (Å²) in [5.41, 5.74) is 3.24. The van der Waals surface area contributed by atoms with Crippen molar-refractivity contribution in [3.8, 4) is 0 Å². The third-order valence-electron chi connectivity index (χ3n) is 2.60. The summed E-state index contributed by atoms with van der Waals surface area (Å²) in [5.74, 6) is 0.882. The number of hydrogen-bond donors (Lipinski definition) is 2. The standard InChI is InChI=1S/C11H11BrN4/c1-13-5-7-6-16-9-4-2-3-8(12)10(9)15-11(16)14-7/h2-4,6,13H,5H2,1H3,(H,14,15). The molecule has 0 unspecified atom stereocenters. The number of fused-ring (bicyclic) bond motifs is 3. The largest absolute Gasteiger partial charge is 0.326 e. The van der Waals surface area contributed by atoms with Gasteiger partial charge in [0.25, 0.3) is 0 Å². The van der Waals surface area contributed by atoms with Crippen molar-refractivity contribution in [2.75, 3.05) is 7.05 Å². The van der Waals surface area contributed by atoms with Gasteiger partial charge in [0, 0.05) is 22.9 Å². The van der Waals surface area contributed by atoms with Crippen LogP contribution >= 0.6 is 15.9 Å². The minimum Gasteiger partial charge on any atom is -0.326 e. The number of para-hydroxylation sites is 1. The number of aromatic nitrogens is 3. The molecule has 0 fully saturated rings. The van der Waals surface area contributed by atoms with Crippen LogP contribution in [0.15, 0.2) is 28.9 Å². The van der Waals surface area contributed by atoms with E-state index in [-0.39, 0.29) is 0 Å². The van der Waals surface area contributed by atoms with E-state index in [1.165, 1.54) is 0 Å².